The molecule has 4 N–H and O–H groups in total. The molecule has 260 valence electrons. The lowest BCUT2D eigenvalue weighted by Crippen LogP contribution is -2.35. The molecular formula is C34H38F3N7O5. The molecule has 1 aliphatic rings. The predicted molar refractivity (Wildman–Crippen MR) is 177 cm³/mol. The summed E-state index contributed by atoms with van der Waals surface area (Å²) >= 11 is 0. The molecule has 3 amide bonds. The number of nitrogen functional groups attached to an aromatic ring is 1. The van der Waals surface area contributed by atoms with Crippen LogP contribution in [0.3, 0.4) is 0 Å². The highest BCUT2D eigenvalue weighted by molar-refractivity contribution is 6.02. The number of amides is 3. The second-order valence-electron chi connectivity index (χ2n) is 12.6. The van der Waals surface area contributed by atoms with Gasteiger partial charge in [-0.15, -0.1) is 13.2 Å². The Labute approximate surface area is 280 Å². The summed E-state index contributed by atoms with van der Waals surface area (Å²) < 4.78 is 49.1. The smallest absolute Gasteiger partial charge is 0.444 e. The summed E-state index contributed by atoms with van der Waals surface area (Å²) in [5.41, 5.74) is 10.1. The first-order valence-corrected chi connectivity index (χ1v) is 15.8. The average molecular weight is 682 g/mol. The van der Waals surface area contributed by atoms with Gasteiger partial charge in [0.25, 0.3) is 0 Å². The Balaban J connectivity index is 1.22. The van der Waals surface area contributed by atoms with E-state index in [0.717, 1.165) is 22.4 Å². The van der Waals surface area contributed by atoms with Crippen LogP contribution in [0.2, 0.25) is 0 Å². The minimum atomic E-state index is -4.82. The second-order valence-corrected chi connectivity index (χ2v) is 12.6. The number of hydrogen-bond donors (Lipinski definition) is 3. The van der Waals surface area contributed by atoms with Crippen LogP contribution in [0.4, 0.5) is 29.5 Å². The third-order valence-electron chi connectivity index (χ3n) is 7.68. The third kappa shape index (κ3) is 9.18. The fourth-order valence-electron chi connectivity index (χ4n) is 5.65. The van der Waals surface area contributed by atoms with Crippen LogP contribution in [0.15, 0.2) is 55.0 Å². The van der Waals surface area contributed by atoms with Crippen LogP contribution in [-0.2, 0) is 33.7 Å². The van der Waals surface area contributed by atoms with Crippen molar-refractivity contribution in [1.82, 2.24) is 25.2 Å². The Bertz CT molecular complexity index is 1850. The average Bonchev–Trinajstić information content (AvgIpc) is 3.60. The first-order valence-electron chi connectivity index (χ1n) is 15.8. The number of nitrogens with two attached hydrogens (primary N) is 1. The summed E-state index contributed by atoms with van der Waals surface area (Å²) in [5, 5.41) is 6.11. The van der Waals surface area contributed by atoms with Gasteiger partial charge in [-0.3, -0.25) is 9.59 Å². The van der Waals surface area contributed by atoms with Crippen LogP contribution in [0.25, 0.3) is 22.2 Å². The SMILES string of the molecule is CC(C)(C)OC(=O)NCCC(=O)NCCCn1cc(-c2ccc3c(c2)CCN3C(=O)Cc2cccc(OC(F)(F)F)c2)c2c(N)ncnc21. The number of fused-ring (bicyclic) bond motifs is 2. The highest BCUT2D eigenvalue weighted by atomic mass is 19.4. The number of carbonyl (C=O) groups is 3. The number of benzene rings is 2. The molecule has 0 spiro atoms. The molecule has 2 aromatic heterocycles. The van der Waals surface area contributed by atoms with Crippen molar-refractivity contribution in [3.05, 3.63) is 66.1 Å². The molecule has 49 heavy (non-hydrogen) atoms. The molecule has 15 heteroatoms. The largest absolute Gasteiger partial charge is 0.573 e. The zero-order valence-corrected chi connectivity index (χ0v) is 27.4. The van der Waals surface area contributed by atoms with Gasteiger partial charge >= 0.3 is 12.5 Å². The van der Waals surface area contributed by atoms with Crippen molar-refractivity contribution in [2.24, 2.45) is 0 Å². The molecule has 0 unspecified atom stereocenters. The maximum atomic E-state index is 13.2. The Morgan fingerprint density at radius 3 is 2.57 bits per heavy atom. The summed E-state index contributed by atoms with van der Waals surface area (Å²) in [7, 11) is 0. The Hall–Kier alpha value is -5.34. The number of ether oxygens (including phenoxy) is 2. The number of alkyl carbamates (subject to hydrolysis) is 1. The van der Waals surface area contributed by atoms with Crippen LogP contribution < -0.4 is 26.0 Å². The molecule has 0 fully saturated rings. The molecule has 2 aromatic carbocycles. The number of rotatable bonds is 11. The molecule has 0 atom stereocenters. The van der Waals surface area contributed by atoms with E-state index >= 15 is 0 Å². The molecule has 0 saturated carbocycles. The van der Waals surface area contributed by atoms with Gasteiger partial charge in [0.1, 0.15) is 29.1 Å². The number of halogens is 3. The van der Waals surface area contributed by atoms with Gasteiger partial charge in [-0.2, -0.15) is 0 Å². The highest BCUT2D eigenvalue weighted by Crippen LogP contribution is 2.37. The number of aryl methyl sites for hydroxylation is 1. The lowest BCUT2D eigenvalue weighted by atomic mass is 10.0. The van der Waals surface area contributed by atoms with Crippen LogP contribution in [0.1, 0.15) is 44.7 Å². The number of aromatic nitrogens is 3. The molecular weight excluding hydrogens is 643 g/mol. The van der Waals surface area contributed by atoms with E-state index in [9.17, 15) is 27.6 Å². The molecule has 3 heterocycles. The minimum Gasteiger partial charge on any atom is -0.444 e. The van der Waals surface area contributed by atoms with Crippen LogP contribution in [0, 0.1) is 0 Å². The quantitative estimate of drug-likeness (QED) is 0.184. The summed E-state index contributed by atoms with van der Waals surface area (Å²) in [6, 6.07) is 11.2. The summed E-state index contributed by atoms with van der Waals surface area (Å²) in [5.74, 6) is -0.494. The molecule has 1 aliphatic heterocycles. The van der Waals surface area contributed by atoms with Crippen molar-refractivity contribution in [1.29, 1.82) is 0 Å². The minimum absolute atomic E-state index is 0.0823. The van der Waals surface area contributed by atoms with E-state index < -0.39 is 18.1 Å². The van der Waals surface area contributed by atoms with Gasteiger partial charge in [0, 0.05) is 50.0 Å². The predicted octanol–water partition coefficient (Wildman–Crippen LogP) is 5.13. The van der Waals surface area contributed by atoms with Gasteiger partial charge in [-0.05, 0) is 74.6 Å². The number of carbonyl (C=O) groups excluding carboxylic acids is 3. The van der Waals surface area contributed by atoms with Gasteiger partial charge in [0.05, 0.1) is 11.8 Å². The summed E-state index contributed by atoms with van der Waals surface area (Å²) in [4.78, 5) is 47.5. The van der Waals surface area contributed by atoms with E-state index in [2.05, 4.69) is 25.3 Å². The second kappa shape index (κ2) is 14.4. The highest BCUT2D eigenvalue weighted by Gasteiger charge is 2.31. The number of anilines is 2. The van der Waals surface area contributed by atoms with E-state index in [1.807, 2.05) is 29.0 Å². The molecule has 0 aliphatic carbocycles. The zero-order valence-electron chi connectivity index (χ0n) is 27.4. The van der Waals surface area contributed by atoms with E-state index in [1.165, 1.54) is 24.5 Å². The van der Waals surface area contributed by atoms with E-state index in [0.29, 0.717) is 54.9 Å². The number of nitrogens with zero attached hydrogens (tertiary/aromatic N) is 4. The standard InChI is InChI=1S/C34H38F3N7O5/c1-33(2,3)49-32(47)40-13-10-27(45)39-12-5-14-43-19-25(29-30(38)41-20-42-31(29)43)22-8-9-26-23(18-22)11-15-44(26)28(46)17-21-6-4-7-24(16-21)48-34(35,36)37/h4,6-9,16,18-20H,5,10-15,17H2,1-3H3,(H,39,45)(H,40,47)(H2,38,41,42). The first kappa shape index (κ1) is 35.0. The Morgan fingerprint density at radius 2 is 1.82 bits per heavy atom. The van der Waals surface area contributed by atoms with Crippen LogP contribution in [-0.4, -0.2) is 64.0 Å². The maximum Gasteiger partial charge on any atom is 0.573 e. The van der Waals surface area contributed by atoms with Crippen molar-refractivity contribution < 1.29 is 37.0 Å². The molecule has 0 bridgehead atoms. The fraction of sp³-hybridized carbons (Fsp3) is 0.382. The van der Waals surface area contributed by atoms with Crippen LogP contribution >= 0.6 is 0 Å². The zero-order chi connectivity index (χ0) is 35.3. The van der Waals surface area contributed by atoms with Gasteiger partial charge < -0.3 is 35.3 Å². The number of nitrogens with one attached hydrogen (secondary N) is 2. The number of alkyl halides is 3. The van der Waals surface area contributed by atoms with Gasteiger partial charge in [-0.25, -0.2) is 14.8 Å². The van der Waals surface area contributed by atoms with E-state index in [-0.39, 0.29) is 37.0 Å². The van der Waals surface area contributed by atoms with Gasteiger partial charge in [0.2, 0.25) is 11.8 Å². The number of hydrogen-bond acceptors (Lipinski definition) is 8. The molecule has 0 saturated heterocycles. The first-order chi connectivity index (χ1) is 23.2. The van der Waals surface area contributed by atoms with E-state index in [1.54, 1.807) is 31.7 Å². The lowest BCUT2D eigenvalue weighted by Gasteiger charge is -2.19. The van der Waals surface area contributed by atoms with Crippen molar-refractivity contribution in [2.75, 3.05) is 30.3 Å². The molecule has 4 aromatic rings. The summed E-state index contributed by atoms with van der Waals surface area (Å²) in [6.07, 6.45) is -0.818. The summed E-state index contributed by atoms with van der Waals surface area (Å²) in [6.45, 7) is 6.82. The molecule has 0 radical (unpaired) electrons. The van der Waals surface area contributed by atoms with Gasteiger partial charge in [0.15, 0.2) is 0 Å². The molecule has 12 nitrogen and oxygen atoms in total. The van der Waals surface area contributed by atoms with Crippen molar-refractivity contribution in [2.45, 2.75) is 65.0 Å². The maximum absolute atomic E-state index is 13.2. The van der Waals surface area contributed by atoms with E-state index in [4.69, 9.17) is 10.5 Å². The van der Waals surface area contributed by atoms with Crippen molar-refractivity contribution in [3.8, 4) is 16.9 Å². The fourth-order valence-corrected chi connectivity index (χ4v) is 5.65. The van der Waals surface area contributed by atoms with Crippen molar-refractivity contribution >= 4 is 40.4 Å². The monoisotopic (exact) mass is 681 g/mol. The lowest BCUT2D eigenvalue weighted by molar-refractivity contribution is -0.274. The normalized spacial score (nSPS) is 12.9. The Kier molecular flexibility index (Phi) is 10.3. The molecule has 5 rings (SSSR count). The Morgan fingerprint density at radius 1 is 1.02 bits per heavy atom. The van der Waals surface area contributed by atoms with Gasteiger partial charge in [-0.1, -0.05) is 18.2 Å². The third-order valence-corrected chi connectivity index (χ3v) is 7.68. The topological polar surface area (TPSA) is 154 Å². The van der Waals surface area contributed by atoms with Crippen molar-refractivity contribution in [3.63, 3.8) is 0 Å². The van der Waals surface area contributed by atoms with Crippen LogP contribution in [0.5, 0.6) is 5.75 Å².